The number of hydrogen-bond donors (Lipinski definition) is 3. The lowest BCUT2D eigenvalue weighted by atomic mass is 10.2. The molecular weight excluding hydrogens is 382 g/mol. The van der Waals surface area contributed by atoms with Gasteiger partial charge in [0.05, 0.1) is 21.4 Å². The lowest BCUT2D eigenvalue weighted by molar-refractivity contribution is 0.468. The predicted octanol–water partition coefficient (Wildman–Crippen LogP) is 1.84. The molecule has 0 saturated heterocycles. The Bertz CT molecular complexity index is 663. The first-order chi connectivity index (χ1) is 9.06. The third-order valence-electron chi connectivity index (χ3n) is 2.00. The number of hydrogen-bond acceptors (Lipinski definition) is 6. The molecule has 1 heterocycles. The van der Waals surface area contributed by atoms with Crippen molar-refractivity contribution in [2.45, 2.75) is 0 Å². The maximum absolute atomic E-state index is 10.9. The smallest absolute Gasteiger partial charge is 0.363 e. The Kier molecular flexibility index (Phi) is 4.27. The van der Waals surface area contributed by atoms with Crippen LogP contribution in [0.2, 0.25) is 0 Å². The first-order valence-corrected chi connectivity index (χ1v) is 6.53. The van der Waals surface area contributed by atoms with E-state index in [0.717, 1.165) is 5.56 Å². The maximum Gasteiger partial charge on any atom is 0.363 e. The number of phenols is 1. The highest BCUT2D eigenvalue weighted by molar-refractivity contribution is 9.11. The number of nitrogens with one attached hydrogen (secondary N) is 2. The topological polar surface area (TPSA) is 103 Å². The number of aromatic amines is 1. The molecule has 2 rings (SSSR count). The standard InChI is InChI=1S/C10H7Br2N5O2/c11-6-1-5(2-7(12)9(6)18)3-13-16-8-4-14-17-10(19)15-8/h1-4,18H,(H2,15,16,17,19). The Hall–Kier alpha value is -1.74. The SMILES string of the molecule is O=c1nc(NN=Cc2cc(Br)c(O)c(Br)c2)cn[nH]1. The summed E-state index contributed by atoms with van der Waals surface area (Å²) in [6, 6.07) is 3.38. The molecule has 9 heteroatoms. The van der Waals surface area contributed by atoms with Crippen LogP contribution in [0.3, 0.4) is 0 Å². The molecule has 0 aliphatic carbocycles. The van der Waals surface area contributed by atoms with Gasteiger partial charge in [0.15, 0.2) is 5.82 Å². The van der Waals surface area contributed by atoms with E-state index >= 15 is 0 Å². The minimum Gasteiger partial charge on any atom is -0.506 e. The zero-order chi connectivity index (χ0) is 13.8. The fourth-order valence-corrected chi connectivity index (χ4v) is 2.42. The Morgan fingerprint density at radius 1 is 1.37 bits per heavy atom. The maximum atomic E-state index is 10.9. The van der Waals surface area contributed by atoms with Crippen LogP contribution >= 0.6 is 31.9 Å². The summed E-state index contributed by atoms with van der Waals surface area (Å²) >= 11 is 6.43. The van der Waals surface area contributed by atoms with Crippen molar-refractivity contribution in [3.8, 4) is 5.75 Å². The number of rotatable bonds is 3. The van der Waals surface area contributed by atoms with Gasteiger partial charge in [0.25, 0.3) is 0 Å². The van der Waals surface area contributed by atoms with E-state index < -0.39 is 5.69 Å². The molecule has 19 heavy (non-hydrogen) atoms. The summed E-state index contributed by atoms with van der Waals surface area (Å²) in [4.78, 5) is 14.5. The van der Waals surface area contributed by atoms with Gasteiger partial charge in [-0.25, -0.2) is 9.89 Å². The van der Waals surface area contributed by atoms with E-state index in [0.29, 0.717) is 8.95 Å². The molecule has 0 aliphatic rings. The van der Waals surface area contributed by atoms with Crippen molar-refractivity contribution in [2.75, 3.05) is 5.43 Å². The van der Waals surface area contributed by atoms with Crippen LogP contribution in [-0.4, -0.2) is 26.5 Å². The summed E-state index contributed by atoms with van der Waals surface area (Å²) in [6.07, 6.45) is 2.85. The monoisotopic (exact) mass is 387 g/mol. The fourth-order valence-electron chi connectivity index (χ4n) is 1.20. The van der Waals surface area contributed by atoms with Crippen LogP contribution in [0.15, 0.2) is 37.2 Å². The number of aromatic nitrogens is 3. The lowest BCUT2D eigenvalue weighted by Crippen LogP contribution is -2.13. The van der Waals surface area contributed by atoms with Gasteiger partial charge in [0.1, 0.15) is 5.75 Å². The van der Waals surface area contributed by atoms with E-state index in [1.165, 1.54) is 12.4 Å². The quantitative estimate of drug-likeness (QED) is 0.549. The van der Waals surface area contributed by atoms with Crippen LogP contribution < -0.4 is 11.1 Å². The summed E-state index contributed by atoms with van der Waals surface area (Å²) in [5.41, 5.74) is 2.75. The number of hydrazone groups is 1. The van der Waals surface area contributed by atoms with Gasteiger partial charge >= 0.3 is 5.69 Å². The van der Waals surface area contributed by atoms with Crippen molar-refractivity contribution in [1.82, 2.24) is 15.2 Å². The Morgan fingerprint density at radius 2 is 2.05 bits per heavy atom. The average molecular weight is 389 g/mol. The van der Waals surface area contributed by atoms with Gasteiger partial charge in [-0.3, -0.25) is 5.43 Å². The molecule has 0 fully saturated rings. The van der Waals surface area contributed by atoms with Gasteiger partial charge in [0.2, 0.25) is 0 Å². The van der Waals surface area contributed by atoms with Gasteiger partial charge < -0.3 is 5.11 Å². The number of phenolic OH excluding ortho intramolecular Hbond substituents is 1. The van der Waals surface area contributed by atoms with Crippen molar-refractivity contribution in [3.05, 3.63) is 43.3 Å². The fraction of sp³-hybridized carbons (Fsp3) is 0. The number of halogens is 2. The van der Waals surface area contributed by atoms with Crippen LogP contribution in [0.5, 0.6) is 5.75 Å². The molecule has 0 bridgehead atoms. The van der Waals surface area contributed by atoms with Crippen molar-refractivity contribution in [2.24, 2.45) is 5.10 Å². The number of H-pyrrole nitrogens is 1. The van der Waals surface area contributed by atoms with E-state index in [1.807, 2.05) is 0 Å². The molecular formula is C10H7Br2N5O2. The second kappa shape index (κ2) is 5.93. The van der Waals surface area contributed by atoms with Gasteiger partial charge in [-0.05, 0) is 49.6 Å². The summed E-state index contributed by atoms with van der Waals surface area (Å²) < 4.78 is 1.08. The van der Waals surface area contributed by atoms with E-state index in [2.05, 4.69) is 57.6 Å². The predicted molar refractivity (Wildman–Crippen MR) is 77.4 cm³/mol. The van der Waals surface area contributed by atoms with Crippen molar-refractivity contribution < 1.29 is 5.11 Å². The molecule has 0 amide bonds. The highest BCUT2D eigenvalue weighted by Crippen LogP contribution is 2.32. The Morgan fingerprint density at radius 3 is 2.68 bits per heavy atom. The minimum atomic E-state index is -0.560. The van der Waals surface area contributed by atoms with Gasteiger partial charge in [-0.1, -0.05) is 0 Å². The molecule has 1 aromatic carbocycles. The van der Waals surface area contributed by atoms with Crippen LogP contribution in [0, 0.1) is 0 Å². The molecule has 0 atom stereocenters. The molecule has 0 unspecified atom stereocenters. The lowest BCUT2D eigenvalue weighted by Gasteiger charge is -2.02. The van der Waals surface area contributed by atoms with Crippen molar-refractivity contribution in [3.63, 3.8) is 0 Å². The number of aromatic hydroxyl groups is 1. The van der Waals surface area contributed by atoms with Crippen LogP contribution in [0.1, 0.15) is 5.56 Å². The van der Waals surface area contributed by atoms with Crippen LogP contribution in [0.25, 0.3) is 0 Å². The molecule has 0 spiro atoms. The molecule has 0 aliphatic heterocycles. The van der Waals surface area contributed by atoms with Gasteiger partial charge in [-0.15, -0.1) is 0 Å². The molecule has 98 valence electrons. The molecule has 2 aromatic rings. The highest BCUT2D eigenvalue weighted by Gasteiger charge is 2.04. The molecule has 7 nitrogen and oxygen atoms in total. The largest absolute Gasteiger partial charge is 0.506 e. The van der Waals surface area contributed by atoms with Crippen LogP contribution in [-0.2, 0) is 0 Å². The van der Waals surface area contributed by atoms with Gasteiger partial charge in [-0.2, -0.15) is 15.2 Å². The van der Waals surface area contributed by atoms with E-state index in [4.69, 9.17) is 0 Å². The second-order valence-corrected chi connectivity index (χ2v) is 5.08. The first kappa shape index (κ1) is 13.7. The van der Waals surface area contributed by atoms with Crippen molar-refractivity contribution in [1.29, 1.82) is 0 Å². The Balaban J connectivity index is 2.13. The molecule has 0 radical (unpaired) electrons. The first-order valence-electron chi connectivity index (χ1n) is 4.95. The summed E-state index contributed by atoms with van der Waals surface area (Å²) in [7, 11) is 0. The highest BCUT2D eigenvalue weighted by atomic mass is 79.9. The summed E-state index contributed by atoms with van der Waals surface area (Å²) in [5, 5.41) is 19.2. The normalized spacial score (nSPS) is 10.8. The number of anilines is 1. The Labute approximate surface area is 124 Å². The molecule has 0 saturated carbocycles. The average Bonchev–Trinajstić information content (AvgIpc) is 2.36. The van der Waals surface area contributed by atoms with Crippen molar-refractivity contribution >= 4 is 43.9 Å². The molecule has 3 N–H and O–H groups in total. The van der Waals surface area contributed by atoms with Crippen LogP contribution in [0.4, 0.5) is 5.82 Å². The number of benzene rings is 1. The summed E-state index contributed by atoms with van der Waals surface area (Å²) in [5.74, 6) is 0.350. The summed E-state index contributed by atoms with van der Waals surface area (Å²) in [6.45, 7) is 0. The van der Waals surface area contributed by atoms with E-state index in [9.17, 15) is 9.90 Å². The zero-order valence-electron chi connectivity index (χ0n) is 9.26. The minimum absolute atomic E-state index is 0.116. The molecule has 1 aromatic heterocycles. The third-order valence-corrected chi connectivity index (χ3v) is 3.21. The van der Waals surface area contributed by atoms with Gasteiger partial charge in [0, 0.05) is 0 Å². The second-order valence-electron chi connectivity index (χ2n) is 3.38. The van der Waals surface area contributed by atoms with E-state index in [-0.39, 0.29) is 11.6 Å². The zero-order valence-corrected chi connectivity index (χ0v) is 12.4. The van der Waals surface area contributed by atoms with E-state index in [1.54, 1.807) is 12.1 Å². The number of nitrogens with zero attached hydrogens (tertiary/aromatic N) is 3. The third kappa shape index (κ3) is 3.61.